The van der Waals surface area contributed by atoms with Crippen molar-refractivity contribution in [1.29, 1.82) is 0 Å². The smallest absolute Gasteiger partial charge is 0.261 e. The number of nitrogens with one attached hydrogen (secondary N) is 2. The molecule has 0 aliphatic carbocycles. The van der Waals surface area contributed by atoms with Crippen molar-refractivity contribution < 1.29 is 13.2 Å². The first-order chi connectivity index (χ1) is 13.4. The fraction of sp³-hybridized carbons (Fsp3) is 0.190. The average Bonchev–Trinajstić information content (AvgIpc) is 2.63. The van der Waals surface area contributed by atoms with Gasteiger partial charge in [0.1, 0.15) is 11.6 Å². The Labute approximate surface area is 165 Å². The van der Waals surface area contributed by atoms with Crippen LogP contribution in [0.15, 0.2) is 65.7 Å². The van der Waals surface area contributed by atoms with Crippen molar-refractivity contribution in [1.82, 2.24) is 4.98 Å². The normalized spacial score (nSPS) is 11.1. The summed E-state index contributed by atoms with van der Waals surface area (Å²) in [5.74, 6) is 1.26. The second-order valence-electron chi connectivity index (χ2n) is 6.44. The van der Waals surface area contributed by atoms with Gasteiger partial charge in [-0.3, -0.25) is 4.72 Å². The molecule has 0 radical (unpaired) electrons. The summed E-state index contributed by atoms with van der Waals surface area (Å²) in [5.41, 5.74) is 3.64. The molecule has 0 aliphatic heterocycles. The first-order valence-corrected chi connectivity index (χ1v) is 10.4. The number of sulfonamides is 1. The molecule has 0 bridgehead atoms. The molecule has 2 N–H and O–H groups in total. The topological polar surface area (TPSA) is 80.3 Å². The van der Waals surface area contributed by atoms with Gasteiger partial charge in [0.15, 0.2) is 0 Å². The zero-order valence-electron chi connectivity index (χ0n) is 16.1. The van der Waals surface area contributed by atoms with E-state index in [4.69, 9.17) is 4.74 Å². The summed E-state index contributed by atoms with van der Waals surface area (Å²) in [6.07, 6.45) is 1.48. The van der Waals surface area contributed by atoms with Crippen molar-refractivity contribution in [3.05, 3.63) is 71.9 Å². The van der Waals surface area contributed by atoms with Crippen LogP contribution in [0.2, 0.25) is 0 Å². The second kappa shape index (κ2) is 8.31. The van der Waals surface area contributed by atoms with Gasteiger partial charge in [-0.2, -0.15) is 0 Å². The zero-order valence-corrected chi connectivity index (χ0v) is 16.9. The highest BCUT2D eigenvalue weighted by atomic mass is 32.2. The SMILES string of the molecule is CCOc1ccc(S(=O)(=O)Nc2ccc(Nc3cc(C)cc(C)c3)nc2)cc1. The molecule has 0 fully saturated rings. The summed E-state index contributed by atoms with van der Waals surface area (Å²) >= 11 is 0. The molecule has 28 heavy (non-hydrogen) atoms. The molecule has 7 heteroatoms. The average molecular weight is 398 g/mol. The minimum Gasteiger partial charge on any atom is -0.494 e. The number of ether oxygens (including phenoxy) is 1. The Bertz CT molecular complexity index is 1030. The Morgan fingerprint density at radius 3 is 2.18 bits per heavy atom. The molecule has 3 aromatic rings. The Morgan fingerprint density at radius 1 is 0.929 bits per heavy atom. The van der Waals surface area contributed by atoms with Crippen molar-refractivity contribution in [2.24, 2.45) is 0 Å². The molecule has 1 aromatic heterocycles. The van der Waals surface area contributed by atoms with Gasteiger partial charge in [0.25, 0.3) is 10.0 Å². The molecule has 2 aromatic carbocycles. The first-order valence-electron chi connectivity index (χ1n) is 8.93. The van der Waals surface area contributed by atoms with Crippen molar-refractivity contribution >= 4 is 27.2 Å². The van der Waals surface area contributed by atoms with Gasteiger partial charge in [-0.15, -0.1) is 0 Å². The Balaban J connectivity index is 1.70. The van der Waals surface area contributed by atoms with E-state index in [2.05, 4.69) is 21.1 Å². The lowest BCUT2D eigenvalue weighted by atomic mass is 10.1. The summed E-state index contributed by atoms with van der Waals surface area (Å²) in [6.45, 7) is 6.46. The van der Waals surface area contributed by atoms with E-state index < -0.39 is 10.0 Å². The van der Waals surface area contributed by atoms with E-state index in [9.17, 15) is 8.42 Å². The monoisotopic (exact) mass is 397 g/mol. The molecule has 3 rings (SSSR count). The number of hydrogen-bond donors (Lipinski definition) is 2. The summed E-state index contributed by atoms with van der Waals surface area (Å²) in [6, 6.07) is 15.8. The van der Waals surface area contributed by atoms with E-state index in [-0.39, 0.29) is 4.90 Å². The van der Waals surface area contributed by atoms with Crippen LogP contribution in [0.4, 0.5) is 17.2 Å². The Hall–Kier alpha value is -3.06. The molecule has 0 saturated heterocycles. The fourth-order valence-electron chi connectivity index (χ4n) is 2.82. The van der Waals surface area contributed by atoms with Gasteiger partial charge in [0.2, 0.25) is 0 Å². The van der Waals surface area contributed by atoms with Gasteiger partial charge in [-0.05, 0) is 80.4 Å². The standard InChI is InChI=1S/C21H23N3O3S/c1-4-27-19-6-8-20(9-7-19)28(25,26)24-17-5-10-21(22-14-17)23-18-12-15(2)11-16(3)13-18/h5-14,24H,4H2,1-3H3,(H,22,23). The van der Waals surface area contributed by atoms with E-state index in [1.54, 1.807) is 24.3 Å². The summed E-state index contributed by atoms with van der Waals surface area (Å²) < 4.78 is 32.9. The maximum atomic E-state index is 12.5. The van der Waals surface area contributed by atoms with Crippen LogP contribution in [0.1, 0.15) is 18.1 Å². The molecule has 6 nitrogen and oxygen atoms in total. The maximum absolute atomic E-state index is 12.5. The van der Waals surface area contributed by atoms with Crippen LogP contribution >= 0.6 is 0 Å². The lowest BCUT2D eigenvalue weighted by Gasteiger charge is -2.11. The number of benzene rings is 2. The van der Waals surface area contributed by atoms with Crippen LogP contribution in [0.3, 0.4) is 0 Å². The molecule has 0 atom stereocenters. The number of hydrogen-bond acceptors (Lipinski definition) is 5. The molecular formula is C21H23N3O3S. The fourth-order valence-corrected chi connectivity index (χ4v) is 3.86. The van der Waals surface area contributed by atoms with Crippen LogP contribution in [-0.2, 0) is 10.0 Å². The number of nitrogens with zero attached hydrogens (tertiary/aromatic N) is 1. The number of rotatable bonds is 7. The van der Waals surface area contributed by atoms with Crippen molar-refractivity contribution in [3.63, 3.8) is 0 Å². The molecule has 0 amide bonds. The van der Waals surface area contributed by atoms with Gasteiger partial charge >= 0.3 is 0 Å². The van der Waals surface area contributed by atoms with Crippen molar-refractivity contribution in [3.8, 4) is 5.75 Å². The molecular weight excluding hydrogens is 374 g/mol. The number of aryl methyl sites for hydroxylation is 2. The minimum atomic E-state index is -3.69. The Kier molecular flexibility index (Phi) is 5.84. The quantitative estimate of drug-likeness (QED) is 0.607. The third-order valence-electron chi connectivity index (χ3n) is 3.95. The Morgan fingerprint density at radius 2 is 1.61 bits per heavy atom. The lowest BCUT2D eigenvalue weighted by Crippen LogP contribution is -2.13. The van der Waals surface area contributed by atoms with E-state index >= 15 is 0 Å². The van der Waals surface area contributed by atoms with E-state index in [0.717, 1.165) is 16.8 Å². The maximum Gasteiger partial charge on any atom is 0.261 e. The summed E-state index contributed by atoms with van der Waals surface area (Å²) in [5, 5.41) is 3.22. The number of anilines is 3. The van der Waals surface area contributed by atoms with Gasteiger partial charge in [0, 0.05) is 5.69 Å². The van der Waals surface area contributed by atoms with Gasteiger partial charge in [0.05, 0.1) is 23.4 Å². The van der Waals surface area contributed by atoms with Crippen LogP contribution in [-0.4, -0.2) is 20.0 Å². The lowest BCUT2D eigenvalue weighted by molar-refractivity contribution is 0.340. The number of pyridine rings is 1. The van der Waals surface area contributed by atoms with Crippen LogP contribution < -0.4 is 14.8 Å². The van der Waals surface area contributed by atoms with Crippen LogP contribution in [0.5, 0.6) is 5.75 Å². The van der Waals surface area contributed by atoms with E-state index in [1.807, 2.05) is 32.9 Å². The van der Waals surface area contributed by atoms with Gasteiger partial charge < -0.3 is 10.1 Å². The van der Waals surface area contributed by atoms with Gasteiger partial charge in [-0.1, -0.05) is 6.07 Å². The van der Waals surface area contributed by atoms with Crippen LogP contribution in [0, 0.1) is 13.8 Å². The van der Waals surface area contributed by atoms with Gasteiger partial charge in [-0.25, -0.2) is 13.4 Å². The molecule has 1 heterocycles. The van der Waals surface area contributed by atoms with Crippen molar-refractivity contribution in [2.75, 3.05) is 16.6 Å². The predicted molar refractivity (Wildman–Crippen MR) is 112 cm³/mol. The summed E-state index contributed by atoms with van der Waals surface area (Å²) in [7, 11) is -3.69. The molecule has 0 saturated carbocycles. The zero-order chi connectivity index (χ0) is 20.1. The molecule has 146 valence electrons. The number of aromatic nitrogens is 1. The highest BCUT2D eigenvalue weighted by Gasteiger charge is 2.14. The first kappa shape index (κ1) is 19.7. The summed E-state index contributed by atoms with van der Waals surface area (Å²) in [4.78, 5) is 4.45. The predicted octanol–water partition coefficient (Wildman–Crippen LogP) is 4.64. The third kappa shape index (κ3) is 5.01. The molecule has 0 spiro atoms. The third-order valence-corrected chi connectivity index (χ3v) is 5.35. The highest BCUT2D eigenvalue weighted by molar-refractivity contribution is 7.92. The largest absolute Gasteiger partial charge is 0.494 e. The van der Waals surface area contributed by atoms with E-state index in [0.29, 0.717) is 23.9 Å². The molecule has 0 unspecified atom stereocenters. The second-order valence-corrected chi connectivity index (χ2v) is 8.13. The van der Waals surface area contributed by atoms with E-state index in [1.165, 1.54) is 18.3 Å². The molecule has 0 aliphatic rings. The van der Waals surface area contributed by atoms with Crippen molar-refractivity contribution in [2.45, 2.75) is 25.7 Å². The minimum absolute atomic E-state index is 0.161. The highest BCUT2D eigenvalue weighted by Crippen LogP contribution is 2.22. The van der Waals surface area contributed by atoms with Crippen LogP contribution in [0.25, 0.3) is 0 Å².